The van der Waals surface area contributed by atoms with Gasteiger partial charge in [0.1, 0.15) is 9.33 Å². The third-order valence-corrected chi connectivity index (χ3v) is 4.04. The molecule has 0 aromatic carbocycles. The summed E-state index contributed by atoms with van der Waals surface area (Å²) in [6.07, 6.45) is 1.96. The molecule has 1 unspecified atom stereocenters. The fourth-order valence-corrected chi connectivity index (χ4v) is 2.24. The van der Waals surface area contributed by atoms with Gasteiger partial charge in [0.2, 0.25) is 5.91 Å². The molecule has 76 valence electrons. The molecule has 1 aromatic heterocycles. The second kappa shape index (κ2) is 3.05. The first-order valence-corrected chi connectivity index (χ1v) is 5.45. The number of carbonyl (C=O) groups is 1. The van der Waals surface area contributed by atoms with Crippen molar-refractivity contribution in [2.24, 2.45) is 5.41 Å². The van der Waals surface area contributed by atoms with Crippen molar-refractivity contribution in [3.63, 3.8) is 0 Å². The molecule has 0 aliphatic heterocycles. The molecule has 0 saturated heterocycles. The summed E-state index contributed by atoms with van der Waals surface area (Å²) in [5.41, 5.74) is -0.694. The normalized spacial score (nSPS) is 28.5. The number of halogens is 2. The summed E-state index contributed by atoms with van der Waals surface area (Å²) in [4.78, 5) is 11.7. The first-order valence-electron chi connectivity index (χ1n) is 3.92. The second-order valence-corrected chi connectivity index (χ2v) is 5.72. The predicted octanol–water partition coefficient (Wildman–Crippen LogP) is 2.06. The lowest BCUT2D eigenvalue weighted by Crippen LogP contribution is -2.25. The van der Waals surface area contributed by atoms with Gasteiger partial charge in [0.05, 0.1) is 11.6 Å². The van der Waals surface area contributed by atoms with Crippen LogP contribution in [-0.2, 0) is 4.79 Å². The Kier molecular flexibility index (Phi) is 2.21. The summed E-state index contributed by atoms with van der Waals surface area (Å²) in [6.45, 7) is 1.73. The van der Waals surface area contributed by atoms with Gasteiger partial charge in [0.25, 0.3) is 0 Å². The highest BCUT2D eigenvalue weighted by molar-refractivity contribution is 7.10. The van der Waals surface area contributed by atoms with Crippen LogP contribution in [0.15, 0.2) is 6.20 Å². The monoisotopic (exact) mass is 251 g/mol. The second-order valence-electron chi connectivity index (χ2n) is 3.45. The van der Waals surface area contributed by atoms with Crippen molar-refractivity contribution in [3.05, 3.63) is 6.20 Å². The molecule has 1 aliphatic carbocycles. The molecule has 2 rings (SSSR count). The Balaban J connectivity index is 2.05. The molecule has 1 aromatic rings. The lowest BCUT2D eigenvalue weighted by atomic mass is 10.1. The molecule has 1 atom stereocenters. The zero-order chi connectivity index (χ0) is 10.4. The molecule has 1 N–H and O–H groups in total. The van der Waals surface area contributed by atoms with Crippen molar-refractivity contribution in [2.45, 2.75) is 17.7 Å². The third-order valence-electron chi connectivity index (χ3n) is 2.36. The van der Waals surface area contributed by atoms with Gasteiger partial charge in [-0.15, -0.1) is 28.3 Å². The Morgan fingerprint density at radius 3 is 2.79 bits per heavy atom. The van der Waals surface area contributed by atoms with Crippen LogP contribution in [-0.4, -0.2) is 19.8 Å². The van der Waals surface area contributed by atoms with Gasteiger partial charge in [0, 0.05) is 11.5 Å². The molecular weight excluding hydrogens is 245 g/mol. The Hall–Kier alpha value is -0.390. The van der Waals surface area contributed by atoms with E-state index in [0.29, 0.717) is 11.4 Å². The highest BCUT2D eigenvalue weighted by Crippen LogP contribution is 2.64. The first kappa shape index (κ1) is 10.1. The topological polar surface area (TPSA) is 54.9 Å². The molecule has 1 amide bonds. The minimum Gasteiger partial charge on any atom is -0.315 e. The Morgan fingerprint density at radius 1 is 1.71 bits per heavy atom. The fourth-order valence-electron chi connectivity index (χ4n) is 1.12. The summed E-state index contributed by atoms with van der Waals surface area (Å²) in [7, 11) is 0. The maximum Gasteiger partial charge on any atom is 0.234 e. The Morgan fingerprint density at radius 2 is 2.36 bits per heavy atom. The minimum atomic E-state index is -0.935. The SMILES string of the molecule is CC1(C(=O)Nc2cnns2)CC1(Cl)Cl. The molecule has 7 heteroatoms. The van der Waals surface area contributed by atoms with Crippen molar-refractivity contribution in [1.82, 2.24) is 9.59 Å². The molecule has 4 nitrogen and oxygen atoms in total. The number of anilines is 1. The lowest BCUT2D eigenvalue weighted by molar-refractivity contribution is -0.120. The van der Waals surface area contributed by atoms with E-state index in [1.165, 1.54) is 6.20 Å². The van der Waals surface area contributed by atoms with Crippen LogP contribution in [0, 0.1) is 5.41 Å². The van der Waals surface area contributed by atoms with Gasteiger partial charge >= 0.3 is 0 Å². The number of carbonyl (C=O) groups excluding carboxylic acids is 1. The smallest absolute Gasteiger partial charge is 0.234 e. The van der Waals surface area contributed by atoms with Crippen LogP contribution >= 0.6 is 34.7 Å². The number of hydrogen-bond donors (Lipinski definition) is 1. The predicted molar refractivity (Wildman–Crippen MR) is 55.7 cm³/mol. The molecule has 1 heterocycles. The van der Waals surface area contributed by atoms with Gasteiger partial charge in [-0.2, -0.15) is 0 Å². The maximum atomic E-state index is 11.7. The standard InChI is InChI=1S/C7H7Cl2N3OS/c1-6(3-7(6,8)9)5(13)11-4-2-10-12-14-4/h2H,3H2,1H3,(H,11,13). The molecule has 1 aliphatic rings. The molecule has 0 bridgehead atoms. The molecule has 0 radical (unpaired) electrons. The van der Waals surface area contributed by atoms with Crippen LogP contribution in [0.2, 0.25) is 0 Å². The van der Waals surface area contributed by atoms with Gasteiger partial charge < -0.3 is 5.32 Å². The number of nitrogens with one attached hydrogen (secondary N) is 1. The number of alkyl halides is 2. The summed E-state index contributed by atoms with van der Waals surface area (Å²) < 4.78 is 2.69. The maximum absolute atomic E-state index is 11.7. The largest absolute Gasteiger partial charge is 0.315 e. The molecule has 0 spiro atoms. The van der Waals surface area contributed by atoms with E-state index >= 15 is 0 Å². The van der Waals surface area contributed by atoms with Crippen LogP contribution < -0.4 is 5.32 Å². The first-order chi connectivity index (χ1) is 6.46. The summed E-state index contributed by atoms with van der Waals surface area (Å²) in [5.74, 6) is -0.187. The summed E-state index contributed by atoms with van der Waals surface area (Å²) in [6, 6.07) is 0. The number of hydrogen-bond acceptors (Lipinski definition) is 4. The quantitative estimate of drug-likeness (QED) is 0.819. The van der Waals surface area contributed by atoms with Crippen molar-refractivity contribution < 1.29 is 4.79 Å². The van der Waals surface area contributed by atoms with Gasteiger partial charge in [-0.05, 0) is 13.3 Å². The van der Waals surface area contributed by atoms with Gasteiger partial charge in [-0.1, -0.05) is 4.49 Å². The van der Waals surface area contributed by atoms with E-state index in [9.17, 15) is 4.79 Å². The van der Waals surface area contributed by atoms with Crippen molar-refractivity contribution >= 4 is 45.6 Å². The zero-order valence-electron chi connectivity index (χ0n) is 7.25. The number of aromatic nitrogens is 2. The van der Waals surface area contributed by atoms with Crippen LogP contribution in [0.4, 0.5) is 5.00 Å². The molecule has 1 saturated carbocycles. The molecular formula is C7H7Cl2N3OS. The van der Waals surface area contributed by atoms with E-state index in [1.807, 2.05) is 0 Å². The summed E-state index contributed by atoms with van der Waals surface area (Å²) >= 11 is 12.8. The van der Waals surface area contributed by atoms with E-state index in [2.05, 4.69) is 14.9 Å². The Labute approximate surface area is 94.8 Å². The number of nitrogens with zero attached hydrogens (tertiary/aromatic N) is 2. The summed E-state index contributed by atoms with van der Waals surface area (Å²) in [5, 5.41) is 6.87. The number of rotatable bonds is 2. The highest BCUT2D eigenvalue weighted by Gasteiger charge is 2.67. The van der Waals surface area contributed by atoms with Crippen molar-refractivity contribution in [2.75, 3.05) is 5.32 Å². The lowest BCUT2D eigenvalue weighted by Gasteiger charge is -2.10. The fraction of sp³-hybridized carbons (Fsp3) is 0.571. The van der Waals surface area contributed by atoms with Gasteiger partial charge in [0.15, 0.2) is 0 Å². The number of amides is 1. The van der Waals surface area contributed by atoms with E-state index in [1.54, 1.807) is 6.92 Å². The average molecular weight is 252 g/mol. The third kappa shape index (κ3) is 1.49. The minimum absolute atomic E-state index is 0.187. The highest BCUT2D eigenvalue weighted by atomic mass is 35.5. The Bertz CT molecular complexity index is 367. The van der Waals surface area contributed by atoms with E-state index in [4.69, 9.17) is 23.2 Å². The van der Waals surface area contributed by atoms with Crippen LogP contribution in [0.3, 0.4) is 0 Å². The van der Waals surface area contributed by atoms with E-state index < -0.39 is 9.75 Å². The molecule has 14 heavy (non-hydrogen) atoms. The van der Waals surface area contributed by atoms with Crippen LogP contribution in [0.25, 0.3) is 0 Å². The zero-order valence-corrected chi connectivity index (χ0v) is 9.58. The van der Waals surface area contributed by atoms with E-state index in [-0.39, 0.29) is 5.91 Å². The average Bonchev–Trinajstić information content (AvgIpc) is 2.54. The van der Waals surface area contributed by atoms with Gasteiger partial charge in [-0.25, -0.2) is 0 Å². The van der Waals surface area contributed by atoms with Crippen molar-refractivity contribution in [1.29, 1.82) is 0 Å². The van der Waals surface area contributed by atoms with E-state index in [0.717, 1.165) is 11.5 Å². The van der Waals surface area contributed by atoms with Gasteiger partial charge in [-0.3, -0.25) is 4.79 Å². The van der Waals surface area contributed by atoms with Crippen LogP contribution in [0.5, 0.6) is 0 Å². The molecule has 1 fully saturated rings. The van der Waals surface area contributed by atoms with Crippen molar-refractivity contribution in [3.8, 4) is 0 Å². The van der Waals surface area contributed by atoms with Crippen LogP contribution in [0.1, 0.15) is 13.3 Å².